The fraction of sp³-hybridized carbons (Fsp3) is 0.368. The molecule has 1 fully saturated rings. The van der Waals surface area contributed by atoms with Crippen LogP contribution in [0.4, 0.5) is 0 Å². The molecule has 0 amide bonds. The first kappa shape index (κ1) is 17.1. The van der Waals surface area contributed by atoms with E-state index in [0.717, 1.165) is 31.6 Å². The molecule has 4 nitrogen and oxygen atoms in total. The van der Waals surface area contributed by atoms with Gasteiger partial charge in [0.2, 0.25) is 10.0 Å². The molecule has 0 unspecified atom stereocenters. The van der Waals surface area contributed by atoms with Crippen molar-refractivity contribution in [1.29, 1.82) is 0 Å². The van der Waals surface area contributed by atoms with Crippen LogP contribution < -0.4 is 0 Å². The number of hydrogen-bond acceptors (Lipinski definition) is 3. The summed E-state index contributed by atoms with van der Waals surface area (Å²) in [6, 6.07) is 17.9. The monoisotopic (exact) mass is 344 g/mol. The minimum Gasteiger partial charge on any atom is -0.298 e. The van der Waals surface area contributed by atoms with E-state index in [0.29, 0.717) is 10.8 Å². The summed E-state index contributed by atoms with van der Waals surface area (Å²) in [5.41, 5.74) is 2.44. The fourth-order valence-corrected chi connectivity index (χ4v) is 4.22. The Morgan fingerprint density at radius 3 is 2.54 bits per heavy atom. The van der Waals surface area contributed by atoms with Gasteiger partial charge in [-0.3, -0.25) is 4.90 Å². The van der Waals surface area contributed by atoms with Crippen LogP contribution in [-0.2, 0) is 16.6 Å². The summed E-state index contributed by atoms with van der Waals surface area (Å²) in [6.07, 6.45) is 1.15. The molecule has 1 aliphatic rings. The number of benzene rings is 2. The third-order valence-electron chi connectivity index (χ3n) is 4.63. The van der Waals surface area contributed by atoms with Crippen LogP contribution >= 0.6 is 0 Å². The maximum atomic E-state index is 12.3. The van der Waals surface area contributed by atoms with Gasteiger partial charge in [-0.15, -0.1) is 0 Å². The fourth-order valence-electron chi connectivity index (χ4n) is 3.25. The first-order valence-corrected chi connectivity index (χ1v) is 9.69. The van der Waals surface area contributed by atoms with Crippen molar-refractivity contribution in [2.24, 2.45) is 0 Å². The van der Waals surface area contributed by atoms with Crippen LogP contribution in [0.2, 0.25) is 0 Å². The molecule has 0 aliphatic carbocycles. The summed E-state index contributed by atoms with van der Waals surface area (Å²) < 4.78 is 25.8. The Balaban J connectivity index is 1.70. The molecule has 2 aromatic carbocycles. The zero-order valence-corrected chi connectivity index (χ0v) is 15.0. The maximum Gasteiger partial charge on any atom is 0.242 e. The molecule has 3 rings (SSSR count). The standard InChI is InChI=1S/C19H24N2O2S/c1-20(2)24(22,23)19-10-6-7-16(13-19)14-21-12-11-18(15-21)17-8-4-3-5-9-17/h3-10,13,18H,11-12,14-15H2,1-2H3/t18-/m1/s1. The number of sulfonamides is 1. The van der Waals surface area contributed by atoms with E-state index in [1.165, 1.54) is 9.87 Å². The quantitative estimate of drug-likeness (QED) is 0.837. The molecule has 1 aliphatic heterocycles. The highest BCUT2D eigenvalue weighted by atomic mass is 32.2. The summed E-state index contributed by atoms with van der Waals surface area (Å²) >= 11 is 0. The number of hydrogen-bond donors (Lipinski definition) is 0. The minimum absolute atomic E-state index is 0.365. The van der Waals surface area contributed by atoms with Gasteiger partial charge in [-0.25, -0.2) is 12.7 Å². The smallest absolute Gasteiger partial charge is 0.242 e. The lowest BCUT2D eigenvalue weighted by molar-refractivity contribution is 0.326. The van der Waals surface area contributed by atoms with Crippen LogP contribution in [0.3, 0.4) is 0 Å². The van der Waals surface area contributed by atoms with E-state index in [-0.39, 0.29) is 0 Å². The van der Waals surface area contributed by atoms with E-state index in [1.807, 2.05) is 18.2 Å². The highest BCUT2D eigenvalue weighted by Gasteiger charge is 2.24. The van der Waals surface area contributed by atoms with E-state index < -0.39 is 10.0 Å². The Morgan fingerprint density at radius 2 is 1.83 bits per heavy atom. The second-order valence-electron chi connectivity index (χ2n) is 6.57. The largest absolute Gasteiger partial charge is 0.298 e. The minimum atomic E-state index is -3.37. The Kier molecular flexibility index (Phi) is 5.04. The van der Waals surface area contributed by atoms with E-state index >= 15 is 0 Å². The lowest BCUT2D eigenvalue weighted by atomic mass is 9.99. The van der Waals surface area contributed by atoms with E-state index in [2.05, 4.69) is 29.2 Å². The van der Waals surface area contributed by atoms with Crippen molar-refractivity contribution in [1.82, 2.24) is 9.21 Å². The van der Waals surface area contributed by atoms with Gasteiger partial charge in [0, 0.05) is 27.2 Å². The molecule has 0 bridgehead atoms. The van der Waals surface area contributed by atoms with Crippen molar-refractivity contribution in [3.8, 4) is 0 Å². The third-order valence-corrected chi connectivity index (χ3v) is 6.44. The molecule has 128 valence electrons. The molecule has 0 saturated carbocycles. The zero-order chi connectivity index (χ0) is 17.2. The highest BCUT2D eigenvalue weighted by molar-refractivity contribution is 7.89. The van der Waals surface area contributed by atoms with Crippen LogP contribution in [0.5, 0.6) is 0 Å². The molecular weight excluding hydrogens is 320 g/mol. The first-order valence-electron chi connectivity index (χ1n) is 8.25. The number of likely N-dealkylation sites (tertiary alicyclic amines) is 1. The van der Waals surface area contributed by atoms with Gasteiger partial charge in [-0.2, -0.15) is 0 Å². The molecule has 0 spiro atoms. The van der Waals surface area contributed by atoms with Gasteiger partial charge in [0.1, 0.15) is 0 Å². The van der Waals surface area contributed by atoms with Gasteiger partial charge < -0.3 is 0 Å². The van der Waals surface area contributed by atoms with Crippen LogP contribution in [0.1, 0.15) is 23.5 Å². The van der Waals surface area contributed by atoms with Gasteiger partial charge in [0.15, 0.2) is 0 Å². The topological polar surface area (TPSA) is 40.6 Å². The maximum absolute atomic E-state index is 12.3. The molecule has 5 heteroatoms. The second kappa shape index (κ2) is 7.05. The molecule has 1 saturated heterocycles. The Hall–Kier alpha value is -1.69. The van der Waals surface area contributed by atoms with Crippen LogP contribution in [0, 0.1) is 0 Å². The van der Waals surface area contributed by atoms with Gasteiger partial charge >= 0.3 is 0 Å². The summed E-state index contributed by atoms with van der Waals surface area (Å²) in [6.45, 7) is 2.86. The molecule has 1 atom stereocenters. The Labute approximate surface area is 144 Å². The van der Waals surface area contributed by atoms with Gasteiger partial charge in [0.05, 0.1) is 4.90 Å². The van der Waals surface area contributed by atoms with Crippen LogP contribution in [0.15, 0.2) is 59.5 Å². The van der Waals surface area contributed by atoms with E-state index in [4.69, 9.17) is 0 Å². The number of rotatable bonds is 5. The summed E-state index contributed by atoms with van der Waals surface area (Å²) in [5, 5.41) is 0. The molecule has 0 aromatic heterocycles. The highest BCUT2D eigenvalue weighted by Crippen LogP contribution is 2.28. The van der Waals surface area contributed by atoms with Crippen molar-refractivity contribution < 1.29 is 8.42 Å². The SMILES string of the molecule is CN(C)S(=O)(=O)c1cccc(CN2CC[C@@H](c3ccccc3)C2)c1. The summed E-state index contributed by atoms with van der Waals surface area (Å²) in [4.78, 5) is 2.77. The molecular formula is C19H24N2O2S. The average molecular weight is 344 g/mol. The summed E-state index contributed by atoms with van der Waals surface area (Å²) in [5.74, 6) is 0.569. The van der Waals surface area contributed by atoms with Crippen LogP contribution in [-0.4, -0.2) is 44.8 Å². The predicted octanol–water partition coefficient (Wildman–Crippen LogP) is 2.93. The van der Waals surface area contributed by atoms with Gasteiger partial charge in [-0.1, -0.05) is 42.5 Å². The molecule has 0 N–H and O–H groups in total. The molecule has 1 heterocycles. The van der Waals surface area contributed by atoms with Gasteiger partial charge in [0.25, 0.3) is 0 Å². The average Bonchev–Trinajstić information content (AvgIpc) is 3.04. The zero-order valence-electron chi connectivity index (χ0n) is 14.2. The van der Waals surface area contributed by atoms with E-state index in [1.54, 1.807) is 26.2 Å². The summed E-state index contributed by atoms with van der Waals surface area (Å²) in [7, 11) is -0.247. The van der Waals surface area contributed by atoms with Gasteiger partial charge in [-0.05, 0) is 42.1 Å². The number of nitrogens with zero attached hydrogens (tertiary/aromatic N) is 2. The molecule has 24 heavy (non-hydrogen) atoms. The van der Waals surface area contributed by atoms with Crippen molar-refractivity contribution in [2.45, 2.75) is 23.8 Å². The lowest BCUT2D eigenvalue weighted by Crippen LogP contribution is -2.23. The first-order chi connectivity index (χ1) is 11.5. The Morgan fingerprint density at radius 1 is 1.08 bits per heavy atom. The normalized spacial score (nSPS) is 19.0. The third kappa shape index (κ3) is 3.69. The van der Waals surface area contributed by atoms with Crippen molar-refractivity contribution >= 4 is 10.0 Å². The molecule has 2 aromatic rings. The van der Waals surface area contributed by atoms with Crippen molar-refractivity contribution in [3.05, 3.63) is 65.7 Å². The Bertz CT molecular complexity index is 788. The van der Waals surface area contributed by atoms with E-state index in [9.17, 15) is 8.42 Å². The van der Waals surface area contributed by atoms with Crippen molar-refractivity contribution in [2.75, 3.05) is 27.2 Å². The lowest BCUT2D eigenvalue weighted by Gasteiger charge is -2.17. The van der Waals surface area contributed by atoms with Crippen molar-refractivity contribution in [3.63, 3.8) is 0 Å². The predicted molar refractivity (Wildman–Crippen MR) is 96.4 cm³/mol. The molecule has 0 radical (unpaired) electrons. The second-order valence-corrected chi connectivity index (χ2v) is 8.72. The van der Waals surface area contributed by atoms with Crippen LogP contribution in [0.25, 0.3) is 0 Å².